The molecule has 2 rings (SSSR count). The Hall–Kier alpha value is 0.01000. The minimum atomic E-state index is 0.486. The predicted octanol–water partition coefficient (Wildman–Crippen LogP) is 4.07. The second kappa shape index (κ2) is 5.77. The monoisotopic (exact) mass is 313 g/mol. The van der Waals surface area contributed by atoms with E-state index < -0.39 is 0 Å². The van der Waals surface area contributed by atoms with Gasteiger partial charge in [-0.25, -0.2) is 0 Å². The lowest BCUT2D eigenvalue weighted by Crippen LogP contribution is -2.39. The molecule has 17 heavy (non-hydrogen) atoms. The summed E-state index contributed by atoms with van der Waals surface area (Å²) in [4.78, 5) is 0. The van der Waals surface area contributed by atoms with Gasteiger partial charge in [-0.1, -0.05) is 41.9 Å². The summed E-state index contributed by atoms with van der Waals surface area (Å²) in [6, 6.07) is 9.23. The molecule has 1 aromatic carbocycles. The third-order valence-electron chi connectivity index (χ3n) is 3.12. The Labute approximate surface area is 117 Å². The lowest BCUT2D eigenvalue weighted by molar-refractivity contribution is 0.317. The quantitative estimate of drug-likeness (QED) is 0.902. The highest BCUT2D eigenvalue weighted by Crippen LogP contribution is 2.33. The molecule has 1 fully saturated rings. The van der Waals surface area contributed by atoms with Gasteiger partial charge in [-0.2, -0.15) is 11.8 Å². The molecule has 0 saturated carbocycles. The highest BCUT2D eigenvalue weighted by molar-refractivity contribution is 9.10. The van der Waals surface area contributed by atoms with Crippen molar-refractivity contribution in [3.05, 3.63) is 34.3 Å². The van der Waals surface area contributed by atoms with Crippen LogP contribution in [-0.4, -0.2) is 17.5 Å². The summed E-state index contributed by atoms with van der Waals surface area (Å²) in [5, 5.41) is 3.68. The summed E-state index contributed by atoms with van der Waals surface area (Å²) >= 11 is 5.54. The smallest absolute Gasteiger partial charge is 0.0208 e. The summed E-state index contributed by atoms with van der Waals surface area (Å²) in [6.45, 7) is 5.72. The second-order valence-electron chi connectivity index (χ2n) is 5.59. The molecule has 1 saturated heterocycles. The van der Waals surface area contributed by atoms with Crippen molar-refractivity contribution in [2.75, 3.05) is 11.5 Å². The lowest BCUT2D eigenvalue weighted by Gasteiger charge is -2.35. The van der Waals surface area contributed by atoms with Crippen molar-refractivity contribution in [2.45, 2.75) is 32.9 Å². The van der Waals surface area contributed by atoms with Crippen LogP contribution in [0, 0.1) is 5.41 Å². The Morgan fingerprint density at radius 3 is 2.71 bits per heavy atom. The highest BCUT2D eigenvalue weighted by Gasteiger charge is 2.27. The Morgan fingerprint density at radius 2 is 2.06 bits per heavy atom. The fraction of sp³-hybridized carbons (Fsp3) is 0.571. The van der Waals surface area contributed by atoms with E-state index in [9.17, 15) is 0 Å². The largest absolute Gasteiger partial charge is 0.309 e. The molecule has 1 heterocycles. The van der Waals surface area contributed by atoms with Gasteiger partial charge in [-0.15, -0.1) is 0 Å². The van der Waals surface area contributed by atoms with Crippen LogP contribution in [0.5, 0.6) is 0 Å². The average molecular weight is 314 g/mol. The molecular formula is C14H20BrNS. The molecule has 1 atom stereocenters. The number of benzene rings is 1. The third kappa shape index (κ3) is 4.31. The zero-order valence-electron chi connectivity index (χ0n) is 10.5. The van der Waals surface area contributed by atoms with Crippen LogP contribution in [0.4, 0.5) is 0 Å². The molecule has 0 bridgehead atoms. The molecule has 1 aliphatic heterocycles. The van der Waals surface area contributed by atoms with E-state index in [0.29, 0.717) is 11.5 Å². The van der Waals surface area contributed by atoms with Gasteiger partial charge < -0.3 is 5.32 Å². The molecule has 1 aromatic rings. The van der Waals surface area contributed by atoms with Gasteiger partial charge in [0.15, 0.2) is 0 Å². The van der Waals surface area contributed by atoms with Crippen LogP contribution in [0.25, 0.3) is 0 Å². The van der Waals surface area contributed by atoms with Gasteiger partial charge in [-0.3, -0.25) is 0 Å². The minimum absolute atomic E-state index is 0.486. The van der Waals surface area contributed by atoms with E-state index in [2.05, 4.69) is 71.1 Å². The zero-order valence-corrected chi connectivity index (χ0v) is 12.9. The zero-order chi connectivity index (χ0) is 12.3. The summed E-state index contributed by atoms with van der Waals surface area (Å²) in [5.74, 6) is 2.55. The van der Waals surface area contributed by atoms with Crippen molar-refractivity contribution in [1.29, 1.82) is 0 Å². The normalized spacial score (nSPS) is 23.6. The number of rotatable bonds is 3. The standard InChI is InChI=1S/C14H20BrNS/c1-14(2)7-13(9-17-10-14)16-8-11-3-5-12(15)6-4-11/h3-6,13,16H,7-10H2,1-2H3. The Balaban J connectivity index is 1.84. The van der Waals surface area contributed by atoms with Gasteiger partial charge in [-0.05, 0) is 35.3 Å². The molecule has 1 nitrogen and oxygen atoms in total. The van der Waals surface area contributed by atoms with Crippen molar-refractivity contribution in [2.24, 2.45) is 5.41 Å². The number of halogens is 1. The molecule has 0 spiro atoms. The maximum atomic E-state index is 3.68. The Bertz CT molecular complexity index is 361. The lowest BCUT2D eigenvalue weighted by atomic mass is 9.88. The van der Waals surface area contributed by atoms with E-state index in [-0.39, 0.29) is 0 Å². The van der Waals surface area contributed by atoms with Crippen LogP contribution in [0.3, 0.4) is 0 Å². The average Bonchev–Trinajstić information content (AvgIpc) is 2.27. The van der Waals surface area contributed by atoms with E-state index in [4.69, 9.17) is 0 Å². The summed E-state index contributed by atoms with van der Waals surface area (Å²) in [6.07, 6.45) is 1.29. The molecular weight excluding hydrogens is 294 g/mol. The minimum Gasteiger partial charge on any atom is -0.309 e. The van der Waals surface area contributed by atoms with E-state index >= 15 is 0 Å². The first kappa shape index (κ1) is 13.4. The van der Waals surface area contributed by atoms with Gasteiger partial charge in [0.05, 0.1) is 0 Å². The van der Waals surface area contributed by atoms with Crippen LogP contribution >= 0.6 is 27.7 Å². The second-order valence-corrected chi connectivity index (χ2v) is 7.53. The SMILES string of the molecule is CC1(C)CSCC(NCc2ccc(Br)cc2)C1. The Morgan fingerprint density at radius 1 is 1.35 bits per heavy atom. The Kier molecular flexibility index (Phi) is 4.56. The van der Waals surface area contributed by atoms with E-state index in [1.54, 1.807) is 0 Å². The van der Waals surface area contributed by atoms with E-state index in [0.717, 1.165) is 11.0 Å². The molecule has 0 aromatic heterocycles. The number of hydrogen-bond acceptors (Lipinski definition) is 2. The molecule has 0 radical (unpaired) electrons. The summed E-state index contributed by atoms with van der Waals surface area (Å²) < 4.78 is 1.15. The molecule has 1 aliphatic rings. The first-order valence-electron chi connectivity index (χ1n) is 6.11. The van der Waals surface area contributed by atoms with Gasteiger partial charge in [0.25, 0.3) is 0 Å². The number of nitrogens with one attached hydrogen (secondary N) is 1. The van der Waals surface area contributed by atoms with Crippen molar-refractivity contribution >= 4 is 27.7 Å². The van der Waals surface area contributed by atoms with Crippen LogP contribution in [0.1, 0.15) is 25.8 Å². The summed E-state index contributed by atoms with van der Waals surface area (Å²) in [5.41, 5.74) is 1.85. The summed E-state index contributed by atoms with van der Waals surface area (Å²) in [7, 11) is 0. The van der Waals surface area contributed by atoms with E-state index in [1.807, 2.05) is 0 Å². The molecule has 3 heteroatoms. The molecule has 1 unspecified atom stereocenters. The van der Waals surface area contributed by atoms with Gasteiger partial charge in [0.2, 0.25) is 0 Å². The van der Waals surface area contributed by atoms with Crippen molar-refractivity contribution in [3.63, 3.8) is 0 Å². The number of thioether (sulfide) groups is 1. The maximum absolute atomic E-state index is 3.68. The molecule has 94 valence electrons. The predicted molar refractivity (Wildman–Crippen MR) is 80.5 cm³/mol. The topological polar surface area (TPSA) is 12.0 Å². The molecule has 0 aliphatic carbocycles. The van der Waals surface area contributed by atoms with Crippen molar-refractivity contribution in [3.8, 4) is 0 Å². The highest BCUT2D eigenvalue weighted by atomic mass is 79.9. The van der Waals surface area contributed by atoms with Gasteiger partial charge in [0.1, 0.15) is 0 Å². The maximum Gasteiger partial charge on any atom is 0.0208 e. The number of hydrogen-bond donors (Lipinski definition) is 1. The van der Waals surface area contributed by atoms with Crippen LogP contribution in [0.15, 0.2) is 28.7 Å². The van der Waals surface area contributed by atoms with Crippen LogP contribution in [0.2, 0.25) is 0 Å². The van der Waals surface area contributed by atoms with E-state index in [1.165, 1.54) is 23.5 Å². The van der Waals surface area contributed by atoms with Crippen LogP contribution in [-0.2, 0) is 6.54 Å². The van der Waals surface area contributed by atoms with Gasteiger partial charge >= 0.3 is 0 Å². The molecule has 0 amide bonds. The van der Waals surface area contributed by atoms with Gasteiger partial charge in [0, 0.05) is 22.8 Å². The van der Waals surface area contributed by atoms with Crippen molar-refractivity contribution < 1.29 is 0 Å². The van der Waals surface area contributed by atoms with Crippen molar-refractivity contribution in [1.82, 2.24) is 5.32 Å². The fourth-order valence-electron chi connectivity index (χ4n) is 2.26. The first-order chi connectivity index (χ1) is 8.05. The third-order valence-corrected chi connectivity index (χ3v) is 5.27. The first-order valence-corrected chi connectivity index (χ1v) is 8.05. The fourth-order valence-corrected chi connectivity index (χ4v) is 3.83. The molecule has 1 N–H and O–H groups in total. The van der Waals surface area contributed by atoms with Crippen LogP contribution < -0.4 is 5.32 Å².